The molecule has 0 bridgehead atoms. The van der Waals surface area contributed by atoms with E-state index >= 15 is 0 Å². The van der Waals surface area contributed by atoms with Crippen LogP contribution in [0.4, 0.5) is 13.2 Å². The van der Waals surface area contributed by atoms with Crippen LogP contribution >= 0.6 is 0 Å². The van der Waals surface area contributed by atoms with Gasteiger partial charge in [0.1, 0.15) is 17.6 Å². The van der Waals surface area contributed by atoms with E-state index in [2.05, 4.69) is 4.74 Å². The summed E-state index contributed by atoms with van der Waals surface area (Å²) in [7, 11) is -3.42. The fraction of sp³-hybridized carbons (Fsp3) is 0.647. The molecule has 27 heavy (non-hydrogen) atoms. The fourth-order valence-corrected chi connectivity index (χ4v) is 5.07. The molecule has 0 radical (unpaired) electrons. The molecule has 1 aromatic carbocycles. The van der Waals surface area contributed by atoms with Gasteiger partial charge in [0.05, 0.1) is 0 Å². The van der Waals surface area contributed by atoms with Gasteiger partial charge in [0.25, 0.3) is 10.2 Å². The van der Waals surface area contributed by atoms with Crippen LogP contribution in [-0.4, -0.2) is 55.7 Å². The molecule has 0 N–H and O–H groups in total. The zero-order chi connectivity index (χ0) is 19.5. The van der Waals surface area contributed by atoms with E-state index in [1.54, 1.807) is 4.31 Å². The van der Waals surface area contributed by atoms with Crippen molar-refractivity contribution in [2.24, 2.45) is 0 Å². The van der Waals surface area contributed by atoms with Crippen LogP contribution in [0.2, 0.25) is 0 Å². The van der Waals surface area contributed by atoms with E-state index in [0.717, 1.165) is 19.3 Å². The Kier molecular flexibility index (Phi) is 6.17. The molecule has 0 amide bonds. The molecule has 0 aliphatic carbocycles. The van der Waals surface area contributed by atoms with E-state index in [1.807, 2.05) is 0 Å². The third-order valence-corrected chi connectivity index (χ3v) is 6.76. The van der Waals surface area contributed by atoms with Crippen molar-refractivity contribution in [2.45, 2.75) is 44.6 Å². The van der Waals surface area contributed by atoms with Crippen LogP contribution in [-0.2, 0) is 10.2 Å². The molecule has 0 aromatic heterocycles. The van der Waals surface area contributed by atoms with E-state index in [1.165, 1.54) is 28.6 Å². The van der Waals surface area contributed by atoms with Gasteiger partial charge in [-0.2, -0.15) is 17.0 Å². The number of hydrogen-bond donors (Lipinski definition) is 0. The highest BCUT2D eigenvalue weighted by Gasteiger charge is 2.34. The lowest BCUT2D eigenvalue weighted by Crippen LogP contribution is -2.49. The van der Waals surface area contributed by atoms with Crippen molar-refractivity contribution < 1.29 is 31.1 Å². The van der Waals surface area contributed by atoms with E-state index < -0.39 is 16.6 Å². The van der Waals surface area contributed by atoms with Crippen LogP contribution in [0.25, 0.3) is 0 Å². The summed E-state index contributed by atoms with van der Waals surface area (Å²) in [6.07, 6.45) is -0.974. The van der Waals surface area contributed by atoms with Crippen LogP contribution in [0.5, 0.6) is 11.5 Å². The number of hydrogen-bond acceptors (Lipinski definition) is 4. The van der Waals surface area contributed by atoms with Gasteiger partial charge in [-0.15, -0.1) is 13.2 Å². The highest BCUT2D eigenvalue weighted by molar-refractivity contribution is 7.86. The predicted octanol–water partition coefficient (Wildman–Crippen LogP) is 3.16. The number of rotatable bonds is 5. The average molecular weight is 408 g/mol. The Hall–Kier alpha value is -1.52. The van der Waals surface area contributed by atoms with Gasteiger partial charge in [0, 0.05) is 26.2 Å². The standard InChI is InChI=1S/C17H23F3N2O4S/c18-17(19,20)26-16-6-4-14(5-7-16)25-15-8-12-22(13-9-15)27(23,24)21-10-2-1-3-11-21/h4-7,15H,1-3,8-13H2. The Morgan fingerprint density at radius 2 is 1.37 bits per heavy atom. The average Bonchev–Trinajstić information content (AvgIpc) is 2.63. The number of alkyl halides is 3. The van der Waals surface area contributed by atoms with Crippen LogP contribution in [0, 0.1) is 0 Å². The Labute approximate surface area is 157 Å². The molecule has 2 heterocycles. The predicted molar refractivity (Wildman–Crippen MR) is 92.7 cm³/mol. The molecule has 6 nitrogen and oxygen atoms in total. The van der Waals surface area contributed by atoms with Crippen molar-refractivity contribution in [3.63, 3.8) is 0 Å². The Morgan fingerprint density at radius 3 is 1.93 bits per heavy atom. The lowest BCUT2D eigenvalue weighted by molar-refractivity contribution is -0.274. The lowest BCUT2D eigenvalue weighted by atomic mass is 10.1. The number of ether oxygens (including phenoxy) is 2. The van der Waals surface area contributed by atoms with Gasteiger partial charge < -0.3 is 9.47 Å². The summed E-state index contributed by atoms with van der Waals surface area (Å²) in [5.41, 5.74) is 0. The smallest absolute Gasteiger partial charge is 0.490 e. The molecule has 0 saturated carbocycles. The van der Waals surface area contributed by atoms with E-state index in [9.17, 15) is 21.6 Å². The Bertz CT molecular complexity index is 711. The highest BCUT2D eigenvalue weighted by atomic mass is 32.2. The van der Waals surface area contributed by atoms with Crippen molar-refractivity contribution in [1.82, 2.24) is 8.61 Å². The van der Waals surface area contributed by atoms with Crippen LogP contribution in [0.3, 0.4) is 0 Å². The summed E-state index contributed by atoms with van der Waals surface area (Å²) in [5, 5.41) is 0. The van der Waals surface area contributed by atoms with Crippen molar-refractivity contribution in [2.75, 3.05) is 26.2 Å². The molecular formula is C17H23F3N2O4S. The second kappa shape index (κ2) is 8.24. The summed E-state index contributed by atoms with van der Waals surface area (Å²) >= 11 is 0. The Balaban J connectivity index is 1.50. The maximum absolute atomic E-state index is 12.7. The maximum Gasteiger partial charge on any atom is 0.573 e. The first kappa shape index (κ1) is 20.2. The van der Waals surface area contributed by atoms with Gasteiger partial charge in [-0.1, -0.05) is 6.42 Å². The zero-order valence-electron chi connectivity index (χ0n) is 14.8. The summed E-state index contributed by atoms with van der Waals surface area (Å²) in [6, 6.07) is 5.22. The first-order valence-electron chi connectivity index (χ1n) is 9.02. The number of nitrogens with zero attached hydrogens (tertiary/aromatic N) is 2. The van der Waals surface area contributed by atoms with Crippen molar-refractivity contribution in [3.05, 3.63) is 24.3 Å². The topological polar surface area (TPSA) is 59.1 Å². The van der Waals surface area contributed by atoms with Crippen LogP contribution in [0.15, 0.2) is 24.3 Å². The van der Waals surface area contributed by atoms with Crippen LogP contribution < -0.4 is 9.47 Å². The first-order valence-corrected chi connectivity index (χ1v) is 10.4. The molecule has 2 aliphatic rings. The quantitative estimate of drug-likeness (QED) is 0.751. The second-order valence-corrected chi connectivity index (χ2v) is 8.63. The van der Waals surface area contributed by atoms with Gasteiger partial charge in [0.2, 0.25) is 0 Å². The fourth-order valence-electron chi connectivity index (χ4n) is 3.35. The van der Waals surface area contributed by atoms with Gasteiger partial charge in [0.15, 0.2) is 0 Å². The molecule has 1 aromatic rings. The zero-order valence-corrected chi connectivity index (χ0v) is 15.6. The van der Waals surface area contributed by atoms with Crippen LogP contribution in [0.1, 0.15) is 32.1 Å². The molecule has 2 saturated heterocycles. The third kappa shape index (κ3) is 5.49. The largest absolute Gasteiger partial charge is 0.573 e. The second-order valence-electron chi connectivity index (χ2n) is 6.70. The minimum absolute atomic E-state index is 0.174. The molecule has 2 aliphatic heterocycles. The summed E-state index contributed by atoms with van der Waals surface area (Å²) in [4.78, 5) is 0. The molecule has 0 unspecified atom stereocenters. The number of piperidine rings is 2. The summed E-state index contributed by atoms with van der Waals surface area (Å²) < 4.78 is 74.5. The molecule has 10 heteroatoms. The first-order chi connectivity index (χ1) is 12.7. The van der Waals surface area contributed by atoms with Gasteiger partial charge in [-0.3, -0.25) is 0 Å². The lowest BCUT2D eigenvalue weighted by Gasteiger charge is -2.36. The summed E-state index contributed by atoms with van der Waals surface area (Å²) in [5.74, 6) is 0.124. The van der Waals surface area contributed by atoms with Crippen molar-refractivity contribution >= 4 is 10.2 Å². The van der Waals surface area contributed by atoms with Crippen molar-refractivity contribution in [1.29, 1.82) is 0 Å². The molecule has 152 valence electrons. The monoisotopic (exact) mass is 408 g/mol. The van der Waals surface area contributed by atoms with Crippen molar-refractivity contribution in [3.8, 4) is 11.5 Å². The summed E-state index contributed by atoms with van der Waals surface area (Å²) in [6.45, 7) is 1.90. The minimum atomic E-state index is -4.73. The Morgan fingerprint density at radius 1 is 0.852 bits per heavy atom. The maximum atomic E-state index is 12.7. The van der Waals surface area contributed by atoms with Gasteiger partial charge in [-0.05, 0) is 49.9 Å². The SMILES string of the molecule is O=S(=O)(N1CCCCC1)N1CCC(Oc2ccc(OC(F)(F)F)cc2)CC1. The number of benzene rings is 1. The molecule has 0 atom stereocenters. The molecule has 2 fully saturated rings. The minimum Gasteiger partial charge on any atom is -0.490 e. The van der Waals surface area contributed by atoms with Gasteiger partial charge >= 0.3 is 6.36 Å². The molecular weight excluding hydrogens is 385 g/mol. The number of halogens is 3. The van der Waals surface area contributed by atoms with E-state index in [4.69, 9.17) is 4.74 Å². The molecule has 3 rings (SSSR count). The third-order valence-electron chi connectivity index (χ3n) is 4.73. The van der Waals surface area contributed by atoms with E-state index in [0.29, 0.717) is 44.8 Å². The highest BCUT2D eigenvalue weighted by Crippen LogP contribution is 2.27. The molecule has 0 spiro atoms. The van der Waals surface area contributed by atoms with E-state index in [-0.39, 0.29) is 11.9 Å². The normalized spacial score (nSPS) is 21.1. The van der Waals surface area contributed by atoms with Gasteiger partial charge in [-0.25, -0.2) is 0 Å².